The van der Waals surface area contributed by atoms with Gasteiger partial charge in [-0.25, -0.2) is 17.6 Å². The zero-order chi connectivity index (χ0) is 31.0. The van der Waals surface area contributed by atoms with Crippen LogP contribution < -0.4 is 5.32 Å². The van der Waals surface area contributed by atoms with Crippen LogP contribution in [0.3, 0.4) is 0 Å². The second-order valence-corrected chi connectivity index (χ2v) is 13.7. The van der Waals surface area contributed by atoms with Crippen LogP contribution in [-0.4, -0.2) is 33.9 Å². The minimum atomic E-state index is -2.05. The topological polar surface area (TPSA) is 69.6 Å². The van der Waals surface area contributed by atoms with Gasteiger partial charge in [-0.1, -0.05) is 51.0 Å². The monoisotopic (exact) mass is 591 g/mol. The number of amides is 1. The highest BCUT2D eigenvalue weighted by Gasteiger charge is 2.50. The molecule has 0 bridgehead atoms. The van der Waals surface area contributed by atoms with Crippen molar-refractivity contribution in [1.29, 1.82) is 0 Å². The summed E-state index contributed by atoms with van der Waals surface area (Å²) in [6.45, 7) is 12.6. The lowest BCUT2D eigenvalue weighted by molar-refractivity contribution is 0.0596. The molecule has 3 aliphatic carbocycles. The maximum Gasteiger partial charge on any atom is 0.254 e. The summed E-state index contributed by atoms with van der Waals surface area (Å²) in [6.07, 6.45) is 12.3. The van der Waals surface area contributed by atoms with Gasteiger partial charge in [0.05, 0.1) is 23.3 Å². The fourth-order valence-electron chi connectivity index (χ4n) is 7.88. The van der Waals surface area contributed by atoms with Gasteiger partial charge in [0.2, 0.25) is 0 Å². The molecule has 3 saturated carbocycles. The summed E-state index contributed by atoms with van der Waals surface area (Å²) in [7, 11) is 0. The van der Waals surface area contributed by atoms with E-state index in [4.69, 9.17) is 0 Å². The van der Waals surface area contributed by atoms with Gasteiger partial charge in [-0.3, -0.25) is 4.79 Å². The molecule has 0 aliphatic heterocycles. The van der Waals surface area contributed by atoms with E-state index in [1.165, 1.54) is 18.4 Å². The van der Waals surface area contributed by atoms with Crippen molar-refractivity contribution in [3.05, 3.63) is 70.3 Å². The largest absolute Gasteiger partial charge is 0.393 e. The molecule has 0 radical (unpaired) electrons. The number of carbonyl (C=O) groups is 1. The van der Waals surface area contributed by atoms with Crippen molar-refractivity contribution in [1.82, 2.24) is 5.32 Å². The van der Waals surface area contributed by atoms with Crippen molar-refractivity contribution < 1.29 is 32.6 Å². The quantitative estimate of drug-likeness (QED) is 0.165. The molecule has 42 heavy (non-hydrogen) atoms. The molecule has 1 amide bonds. The zero-order valence-corrected chi connectivity index (χ0v) is 25.2. The van der Waals surface area contributed by atoms with Gasteiger partial charge in [-0.05, 0) is 106 Å². The molecule has 3 fully saturated rings. The Morgan fingerprint density at radius 3 is 2.60 bits per heavy atom. The van der Waals surface area contributed by atoms with E-state index in [0.717, 1.165) is 44.1 Å². The Morgan fingerprint density at radius 1 is 1.19 bits per heavy atom. The summed E-state index contributed by atoms with van der Waals surface area (Å²) in [5, 5.41) is 23.2. The Hall–Kier alpha value is -2.45. The molecule has 6 atom stereocenters. The van der Waals surface area contributed by atoms with Gasteiger partial charge in [0.1, 0.15) is 0 Å². The molecule has 0 aromatic heterocycles. The summed E-state index contributed by atoms with van der Waals surface area (Å²) < 4.78 is 54.9. The lowest BCUT2D eigenvalue weighted by Gasteiger charge is -2.44. The van der Waals surface area contributed by atoms with Crippen LogP contribution in [0.15, 0.2) is 41.5 Å². The van der Waals surface area contributed by atoms with E-state index in [0.29, 0.717) is 35.8 Å². The third-order valence-corrected chi connectivity index (χ3v) is 10.1. The predicted octanol–water partition coefficient (Wildman–Crippen LogP) is 7.70. The van der Waals surface area contributed by atoms with E-state index < -0.39 is 52.5 Å². The van der Waals surface area contributed by atoms with Crippen LogP contribution in [0.4, 0.5) is 17.6 Å². The van der Waals surface area contributed by atoms with Crippen molar-refractivity contribution in [3.63, 3.8) is 0 Å². The number of fused-ring (bicyclic) bond motifs is 1. The van der Waals surface area contributed by atoms with Crippen LogP contribution in [0.5, 0.6) is 0 Å². The van der Waals surface area contributed by atoms with E-state index in [1.807, 2.05) is 19.9 Å². The van der Waals surface area contributed by atoms with Crippen molar-refractivity contribution in [3.8, 4) is 0 Å². The highest BCUT2D eigenvalue weighted by atomic mass is 19.2. The molecule has 232 valence electrons. The maximum absolute atomic E-state index is 14.2. The summed E-state index contributed by atoms with van der Waals surface area (Å²) >= 11 is 0. The number of benzene rings is 1. The molecule has 0 unspecified atom stereocenters. The minimum Gasteiger partial charge on any atom is -0.393 e. The van der Waals surface area contributed by atoms with E-state index >= 15 is 0 Å². The van der Waals surface area contributed by atoms with Crippen molar-refractivity contribution in [2.75, 3.05) is 0 Å². The molecule has 8 heteroatoms. The van der Waals surface area contributed by atoms with Gasteiger partial charge in [-0.15, -0.1) is 0 Å². The number of nitrogens with one attached hydrogen (secondary N) is 1. The first-order valence-electron chi connectivity index (χ1n) is 15.3. The Morgan fingerprint density at radius 2 is 1.90 bits per heavy atom. The number of hydrogen-bond acceptors (Lipinski definition) is 3. The number of allylic oxidation sites excluding steroid dienone is 3. The number of carbonyl (C=O) groups excluding carboxylic acids is 1. The average molecular weight is 592 g/mol. The fraction of sp³-hybridized carbons (Fsp3) is 0.618. The first-order valence-corrected chi connectivity index (χ1v) is 15.3. The molecule has 0 spiro atoms. The fourth-order valence-corrected chi connectivity index (χ4v) is 7.88. The molecular formula is C34H45F4NO3. The molecule has 4 nitrogen and oxygen atoms in total. The summed E-state index contributed by atoms with van der Waals surface area (Å²) in [4.78, 5) is 12.7. The molecule has 3 aliphatic rings. The lowest BCUT2D eigenvalue weighted by Crippen LogP contribution is -2.42. The van der Waals surface area contributed by atoms with E-state index in [-0.39, 0.29) is 11.8 Å². The van der Waals surface area contributed by atoms with Gasteiger partial charge in [0.15, 0.2) is 23.3 Å². The van der Waals surface area contributed by atoms with Crippen LogP contribution in [0.25, 0.3) is 0 Å². The molecule has 0 heterocycles. The van der Waals surface area contributed by atoms with E-state index in [9.17, 15) is 32.6 Å². The normalized spacial score (nSPS) is 31.0. The number of hydrogen-bond donors (Lipinski definition) is 3. The number of halogens is 4. The maximum atomic E-state index is 14.2. The van der Waals surface area contributed by atoms with Crippen molar-refractivity contribution >= 4 is 5.91 Å². The van der Waals surface area contributed by atoms with Crippen LogP contribution in [0.1, 0.15) is 102 Å². The van der Waals surface area contributed by atoms with E-state index in [1.54, 1.807) is 0 Å². The number of aliphatic hydroxyl groups is 2. The van der Waals surface area contributed by atoms with Gasteiger partial charge in [0, 0.05) is 0 Å². The lowest BCUT2D eigenvalue weighted by atomic mass is 9.60. The highest BCUT2D eigenvalue weighted by Crippen LogP contribution is 2.60. The Kier molecular flexibility index (Phi) is 9.78. The predicted molar refractivity (Wildman–Crippen MR) is 156 cm³/mol. The SMILES string of the molecule is C=C1/C(=C\C=C2/CCC[C@]3(C)[C@@H]([C@H](C)CCCC(C)(C)O)CC[C@@H]23)C[C@@H](O)C[C@@H]1NC(=O)c1cc(F)c(F)c(F)c1F. The molecule has 1 aromatic carbocycles. The van der Waals surface area contributed by atoms with Crippen molar-refractivity contribution in [2.45, 2.75) is 110 Å². The molecule has 0 saturated heterocycles. The van der Waals surface area contributed by atoms with Crippen LogP contribution in [0, 0.1) is 46.4 Å². The zero-order valence-electron chi connectivity index (χ0n) is 25.2. The van der Waals surface area contributed by atoms with Crippen molar-refractivity contribution in [2.24, 2.45) is 23.2 Å². The summed E-state index contributed by atoms with van der Waals surface area (Å²) in [6, 6.07) is -0.450. The molecule has 3 N–H and O–H groups in total. The third kappa shape index (κ3) is 6.85. The minimum absolute atomic E-state index is 0.111. The summed E-state index contributed by atoms with van der Waals surface area (Å²) in [5.41, 5.74) is 1.30. The standard InChI is InChI=1S/C34H45F4NO3/c1-19(8-6-14-33(3,4)42)25-12-13-26-21(9-7-15-34(25,26)5)10-11-22-16-23(40)17-28(20(22)2)39-32(41)24-18-27(35)30(37)31(38)29(24)36/h10-11,18-19,23,25-26,28,40,42H,2,6-9,12-17H2,1,3-5H3,(H,39,41)/b21-10+,22-11-/t19-,23-,25-,26+,28+,34-/m1/s1. The van der Waals surface area contributed by atoms with E-state index in [2.05, 4.69) is 31.8 Å². The van der Waals surface area contributed by atoms with Gasteiger partial charge < -0.3 is 15.5 Å². The van der Waals surface area contributed by atoms with Gasteiger partial charge in [0.25, 0.3) is 5.91 Å². The first kappa shape index (κ1) is 32.5. The first-order chi connectivity index (χ1) is 19.6. The number of rotatable bonds is 8. The summed E-state index contributed by atoms with van der Waals surface area (Å²) in [5.74, 6) is -6.91. The Bertz CT molecular complexity index is 1270. The highest BCUT2D eigenvalue weighted by molar-refractivity contribution is 5.95. The number of aliphatic hydroxyl groups excluding tert-OH is 1. The Labute approximate surface area is 247 Å². The smallest absolute Gasteiger partial charge is 0.254 e. The van der Waals surface area contributed by atoms with Crippen LogP contribution >= 0.6 is 0 Å². The van der Waals surface area contributed by atoms with Crippen LogP contribution in [-0.2, 0) is 0 Å². The average Bonchev–Trinajstić information content (AvgIpc) is 3.27. The third-order valence-electron chi connectivity index (χ3n) is 10.1. The van der Waals surface area contributed by atoms with Gasteiger partial charge >= 0.3 is 0 Å². The molecule has 4 rings (SSSR count). The van der Waals surface area contributed by atoms with Crippen LogP contribution in [0.2, 0.25) is 0 Å². The molecule has 1 aromatic rings. The second kappa shape index (κ2) is 12.7. The second-order valence-electron chi connectivity index (χ2n) is 13.7. The molecular weight excluding hydrogens is 546 g/mol. The Balaban J connectivity index is 1.47. The van der Waals surface area contributed by atoms with Gasteiger partial charge in [-0.2, -0.15) is 0 Å².